The van der Waals surface area contributed by atoms with Gasteiger partial charge in [-0.3, -0.25) is 9.59 Å². The summed E-state index contributed by atoms with van der Waals surface area (Å²) >= 11 is 0. The zero-order valence-corrected chi connectivity index (χ0v) is 18.7. The number of alkyl halides is 3. The van der Waals surface area contributed by atoms with Crippen LogP contribution in [0, 0.1) is 5.92 Å². The number of nitrogens with zero attached hydrogens (tertiary/aromatic N) is 6. The van der Waals surface area contributed by atoms with E-state index in [2.05, 4.69) is 15.3 Å². The minimum absolute atomic E-state index is 0.000495. The van der Waals surface area contributed by atoms with E-state index in [0.29, 0.717) is 42.8 Å². The summed E-state index contributed by atoms with van der Waals surface area (Å²) < 4.78 is 45.4. The summed E-state index contributed by atoms with van der Waals surface area (Å²) in [5, 5.41) is 10.7. The van der Waals surface area contributed by atoms with Gasteiger partial charge in [0.05, 0.1) is 5.92 Å². The van der Waals surface area contributed by atoms with E-state index < -0.39 is 23.9 Å². The quantitative estimate of drug-likeness (QED) is 0.522. The molecule has 0 radical (unpaired) electrons. The minimum Gasteiger partial charge on any atom is -0.455 e. The van der Waals surface area contributed by atoms with Gasteiger partial charge in [-0.1, -0.05) is 18.2 Å². The van der Waals surface area contributed by atoms with E-state index in [1.54, 1.807) is 15.9 Å². The highest BCUT2D eigenvalue weighted by Gasteiger charge is 2.38. The monoisotopic (exact) mass is 488 g/mol. The Hall–Kier alpha value is -3.70. The van der Waals surface area contributed by atoms with Crippen LogP contribution in [0.1, 0.15) is 30.7 Å². The third kappa shape index (κ3) is 4.64. The minimum atomic E-state index is -4.67. The summed E-state index contributed by atoms with van der Waals surface area (Å²) in [6.45, 7) is 1.09. The first-order valence-corrected chi connectivity index (χ1v) is 11.4. The number of aryl methyl sites for hydroxylation is 1. The van der Waals surface area contributed by atoms with Gasteiger partial charge in [0.15, 0.2) is 12.3 Å². The molecule has 4 heterocycles. The van der Waals surface area contributed by atoms with Gasteiger partial charge in [0, 0.05) is 25.3 Å². The van der Waals surface area contributed by atoms with Crippen molar-refractivity contribution >= 4 is 29.0 Å². The number of carbonyl (C=O) groups excluding carboxylic acids is 2. The van der Waals surface area contributed by atoms with Crippen molar-refractivity contribution in [2.24, 2.45) is 5.92 Å². The number of rotatable bonds is 4. The van der Waals surface area contributed by atoms with Crippen LogP contribution in [0.5, 0.6) is 0 Å². The maximum absolute atomic E-state index is 13.1. The summed E-state index contributed by atoms with van der Waals surface area (Å²) in [6.07, 6.45) is -2.03. The van der Waals surface area contributed by atoms with Crippen LogP contribution in [0.15, 0.2) is 36.4 Å². The van der Waals surface area contributed by atoms with Gasteiger partial charge in [-0.05, 0) is 49.4 Å². The Labute approximate surface area is 198 Å². The van der Waals surface area contributed by atoms with Crippen molar-refractivity contribution in [3.63, 3.8) is 0 Å². The summed E-state index contributed by atoms with van der Waals surface area (Å²) in [4.78, 5) is 28.8. The van der Waals surface area contributed by atoms with Crippen molar-refractivity contribution in [3.8, 4) is 0 Å². The average Bonchev–Trinajstić information content (AvgIpc) is 3.31. The van der Waals surface area contributed by atoms with E-state index in [1.165, 1.54) is 6.07 Å². The second kappa shape index (κ2) is 9.16. The van der Waals surface area contributed by atoms with Gasteiger partial charge in [-0.25, -0.2) is 0 Å². The van der Waals surface area contributed by atoms with Crippen molar-refractivity contribution in [2.75, 3.05) is 36.0 Å². The Morgan fingerprint density at radius 2 is 1.80 bits per heavy atom. The van der Waals surface area contributed by atoms with Crippen LogP contribution in [0.4, 0.5) is 24.7 Å². The summed E-state index contributed by atoms with van der Waals surface area (Å²) in [5.74, 6) is -1.93. The summed E-state index contributed by atoms with van der Waals surface area (Å²) in [7, 11) is 0. The van der Waals surface area contributed by atoms with Crippen LogP contribution in [-0.4, -0.2) is 57.9 Å². The van der Waals surface area contributed by atoms with Crippen LogP contribution in [0.3, 0.4) is 0 Å². The standard InChI is InChI=1S/C23H23F3N6O3/c24-23(25,26)22-28-27-18-7-8-19(29-32(18)22)30-12-9-16(10-13-30)21(34)35-14-20(33)31-11-3-5-15-4-1-2-6-17(15)31/h1-2,4,6-8,16H,3,5,9-14H2. The number of anilines is 2. The molecule has 1 saturated heterocycles. The summed E-state index contributed by atoms with van der Waals surface area (Å²) in [5.41, 5.74) is 1.96. The van der Waals surface area contributed by atoms with E-state index in [9.17, 15) is 22.8 Å². The van der Waals surface area contributed by atoms with Crippen molar-refractivity contribution in [1.82, 2.24) is 19.8 Å². The van der Waals surface area contributed by atoms with Gasteiger partial charge in [-0.2, -0.15) is 17.7 Å². The maximum Gasteiger partial charge on any atom is 0.453 e. The maximum atomic E-state index is 13.1. The first-order chi connectivity index (χ1) is 16.8. The van der Waals surface area contributed by atoms with Gasteiger partial charge in [0.25, 0.3) is 11.7 Å². The molecular weight excluding hydrogens is 465 g/mol. The van der Waals surface area contributed by atoms with E-state index in [0.717, 1.165) is 24.1 Å². The molecule has 0 atom stereocenters. The molecule has 2 aliphatic rings. The van der Waals surface area contributed by atoms with Crippen LogP contribution in [0.2, 0.25) is 0 Å². The fourth-order valence-electron chi connectivity index (χ4n) is 4.59. The molecule has 0 saturated carbocycles. The lowest BCUT2D eigenvalue weighted by Crippen LogP contribution is -2.40. The van der Waals surface area contributed by atoms with Crippen molar-refractivity contribution in [1.29, 1.82) is 0 Å². The zero-order valence-electron chi connectivity index (χ0n) is 18.7. The number of hydrogen-bond donors (Lipinski definition) is 0. The molecule has 1 aromatic carbocycles. The lowest BCUT2D eigenvalue weighted by atomic mass is 9.97. The Morgan fingerprint density at radius 1 is 1.03 bits per heavy atom. The van der Waals surface area contributed by atoms with Gasteiger partial charge in [0.1, 0.15) is 5.82 Å². The van der Waals surface area contributed by atoms with Crippen LogP contribution < -0.4 is 9.80 Å². The van der Waals surface area contributed by atoms with Crippen molar-refractivity contribution in [2.45, 2.75) is 31.9 Å². The first kappa shape index (κ1) is 23.1. The molecule has 3 aromatic rings. The van der Waals surface area contributed by atoms with E-state index in [-0.39, 0.29) is 18.2 Å². The number of halogens is 3. The van der Waals surface area contributed by atoms with Gasteiger partial charge < -0.3 is 14.5 Å². The van der Waals surface area contributed by atoms with Crippen molar-refractivity contribution < 1.29 is 27.5 Å². The molecule has 5 rings (SSSR count). The lowest BCUT2D eigenvalue weighted by molar-refractivity contribution is -0.152. The summed E-state index contributed by atoms with van der Waals surface area (Å²) in [6, 6.07) is 10.7. The van der Waals surface area contributed by atoms with Gasteiger partial charge in [0.2, 0.25) is 0 Å². The number of hydrogen-bond acceptors (Lipinski definition) is 7. The Kier molecular flexibility index (Phi) is 6.03. The van der Waals surface area contributed by atoms with E-state index >= 15 is 0 Å². The second-order valence-corrected chi connectivity index (χ2v) is 8.63. The highest BCUT2D eigenvalue weighted by molar-refractivity contribution is 5.96. The third-order valence-electron chi connectivity index (χ3n) is 6.40. The predicted octanol–water partition coefficient (Wildman–Crippen LogP) is 2.88. The predicted molar refractivity (Wildman–Crippen MR) is 119 cm³/mol. The molecule has 0 N–H and O–H groups in total. The number of piperidine rings is 1. The normalized spacial score (nSPS) is 16.9. The molecule has 12 heteroatoms. The molecule has 0 spiro atoms. The number of esters is 1. The SMILES string of the molecule is O=C(OCC(=O)N1CCCc2ccccc21)C1CCN(c2ccc3nnc(C(F)(F)F)n3n2)CC1. The number of aromatic nitrogens is 4. The molecule has 0 aliphatic carbocycles. The molecule has 9 nitrogen and oxygen atoms in total. The Morgan fingerprint density at radius 3 is 2.57 bits per heavy atom. The Balaban J connectivity index is 1.17. The molecule has 35 heavy (non-hydrogen) atoms. The largest absolute Gasteiger partial charge is 0.455 e. The van der Waals surface area contributed by atoms with Crippen LogP contribution in [-0.2, 0) is 26.9 Å². The van der Waals surface area contributed by atoms with E-state index in [4.69, 9.17) is 4.74 Å². The smallest absolute Gasteiger partial charge is 0.453 e. The Bertz CT molecular complexity index is 1250. The molecule has 184 valence electrons. The topological polar surface area (TPSA) is 92.9 Å². The number of carbonyl (C=O) groups is 2. The fourth-order valence-corrected chi connectivity index (χ4v) is 4.59. The molecular formula is C23H23F3N6O3. The molecule has 0 bridgehead atoms. The molecule has 0 unspecified atom stereocenters. The molecule has 2 aromatic heterocycles. The van der Waals surface area contributed by atoms with Gasteiger partial charge in [-0.15, -0.1) is 15.3 Å². The number of ether oxygens (including phenoxy) is 1. The number of para-hydroxylation sites is 1. The highest BCUT2D eigenvalue weighted by atomic mass is 19.4. The number of amides is 1. The van der Waals surface area contributed by atoms with E-state index in [1.807, 2.05) is 24.3 Å². The molecule has 1 fully saturated rings. The van der Waals surface area contributed by atoms with Crippen LogP contribution in [0.25, 0.3) is 5.65 Å². The van der Waals surface area contributed by atoms with Gasteiger partial charge >= 0.3 is 12.1 Å². The highest BCUT2D eigenvalue weighted by Crippen LogP contribution is 2.29. The number of fused-ring (bicyclic) bond motifs is 2. The molecule has 1 amide bonds. The average molecular weight is 488 g/mol. The number of benzene rings is 1. The van der Waals surface area contributed by atoms with Crippen molar-refractivity contribution in [3.05, 3.63) is 47.8 Å². The fraction of sp³-hybridized carbons (Fsp3) is 0.435. The molecule has 2 aliphatic heterocycles. The zero-order chi connectivity index (χ0) is 24.6. The lowest BCUT2D eigenvalue weighted by Gasteiger charge is -2.32. The first-order valence-electron chi connectivity index (χ1n) is 11.4. The second-order valence-electron chi connectivity index (χ2n) is 8.63. The van der Waals surface area contributed by atoms with Crippen LogP contribution >= 0.6 is 0 Å². The third-order valence-corrected chi connectivity index (χ3v) is 6.40.